The van der Waals surface area contributed by atoms with Gasteiger partial charge < -0.3 is 15.3 Å². The summed E-state index contributed by atoms with van der Waals surface area (Å²) in [5, 5.41) is 9.55. The van der Waals surface area contributed by atoms with Crippen LogP contribution >= 0.6 is 11.6 Å². The molecule has 6 nitrogen and oxygen atoms in total. The third-order valence-corrected chi connectivity index (χ3v) is 3.82. The van der Waals surface area contributed by atoms with Crippen LogP contribution in [-0.2, 0) is 4.79 Å². The van der Waals surface area contributed by atoms with Gasteiger partial charge in [-0.15, -0.1) is 13.2 Å². The molecule has 0 bridgehead atoms. The molecule has 0 aliphatic carbocycles. The van der Waals surface area contributed by atoms with Crippen LogP contribution < -0.4 is 5.32 Å². The zero-order valence-corrected chi connectivity index (χ0v) is 14.6. The van der Waals surface area contributed by atoms with Crippen molar-refractivity contribution in [2.75, 3.05) is 25.0 Å². The van der Waals surface area contributed by atoms with E-state index >= 15 is 0 Å². The highest BCUT2D eigenvalue weighted by atomic mass is 35.5. The molecular formula is C16H15ClF4N4O2. The van der Waals surface area contributed by atoms with Crippen LogP contribution in [0.15, 0.2) is 30.6 Å². The molecule has 1 amide bonds. The van der Waals surface area contributed by atoms with Gasteiger partial charge in [-0.1, -0.05) is 17.7 Å². The fourth-order valence-corrected chi connectivity index (χ4v) is 2.23. The lowest BCUT2D eigenvalue weighted by Gasteiger charge is -2.30. The van der Waals surface area contributed by atoms with E-state index < -0.39 is 12.2 Å². The third-order valence-electron chi connectivity index (χ3n) is 3.51. The summed E-state index contributed by atoms with van der Waals surface area (Å²) in [6.45, 7) is 1.82. The summed E-state index contributed by atoms with van der Waals surface area (Å²) in [7, 11) is 0. The summed E-state index contributed by atoms with van der Waals surface area (Å²) in [6.07, 6.45) is -2.57. The number of alkyl halides is 3. The van der Waals surface area contributed by atoms with Gasteiger partial charge in [-0.3, -0.25) is 4.79 Å². The van der Waals surface area contributed by atoms with Crippen LogP contribution in [0.5, 0.6) is 0 Å². The van der Waals surface area contributed by atoms with Crippen molar-refractivity contribution in [3.05, 3.63) is 41.4 Å². The van der Waals surface area contributed by atoms with E-state index in [1.54, 1.807) is 17.0 Å². The molecule has 0 atom stereocenters. The predicted octanol–water partition coefficient (Wildman–Crippen LogP) is 3.08. The van der Waals surface area contributed by atoms with Gasteiger partial charge in [0.25, 0.3) is 0 Å². The lowest BCUT2D eigenvalue weighted by molar-refractivity contribution is -0.295. The Morgan fingerprint density at radius 1 is 1.26 bits per heavy atom. The zero-order valence-electron chi connectivity index (χ0n) is 13.8. The minimum absolute atomic E-state index is 0.0453. The molecule has 3 rings (SSSR count). The minimum atomic E-state index is -5.00. The van der Waals surface area contributed by atoms with Gasteiger partial charge in [0.1, 0.15) is 18.0 Å². The molecular weight excluding hydrogens is 392 g/mol. The van der Waals surface area contributed by atoms with E-state index in [9.17, 15) is 22.4 Å². The molecule has 2 heterocycles. The molecule has 1 saturated heterocycles. The number of likely N-dealkylation sites (tertiary alicyclic amines) is 1. The molecule has 0 spiro atoms. The standard InChI is InChI=1S/C15H14ClFN4O.CHF3O/c16-11-3-2-10(6-12(11)17)13-7-14(20-9-19-13)18-8-15(22)21-4-1-5-21;2-1(3,4)5/h2-3,6-7,9H,1,4-5,8H2,(H,18,19,20);5H. The monoisotopic (exact) mass is 406 g/mol. The Labute approximate surface area is 156 Å². The summed E-state index contributed by atoms with van der Waals surface area (Å²) in [4.78, 5) is 21.8. The number of aromatic nitrogens is 2. The van der Waals surface area contributed by atoms with Crippen LogP contribution in [0.2, 0.25) is 5.02 Å². The molecule has 2 aromatic rings. The zero-order chi connectivity index (χ0) is 20.0. The molecule has 0 saturated carbocycles. The SMILES string of the molecule is O=C(CNc1cc(-c2ccc(Cl)c(F)c2)ncn1)N1CCC1.OC(F)(F)F. The summed E-state index contributed by atoms with van der Waals surface area (Å²) < 4.78 is 43.2. The second kappa shape index (κ2) is 8.96. The van der Waals surface area contributed by atoms with Gasteiger partial charge in [-0.05, 0) is 18.6 Å². The number of nitrogens with zero attached hydrogens (tertiary/aromatic N) is 3. The molecule has 1 aromatic heterocycles. The normalized spacial score (nSPS) is 13.3. The first-order valence-corrected chi connectivity index (χ1v) is 8.09. The van der Waals surface area contributed by atoms with Gasteiger partial charge in [0, 0.05) is 24.7 Å². The highest BCUT2D eigenvalue weighted by Gasteiger charge is 2.20. The van der Waals surface area contributed by atoms with Crippen molar-refractivity contribution in [2.24, 2.45) is 0 Å². The highest BCUT2D eigenvalue weighted by molar-refractivity contribution is 6.30. The number of carbonyl (C=O) groups excluding carboxylic acids is 1. The third kappa shape index (κ3) is 6.99. The predicted molar refractivity (Wildman–Crippen MR) is 90.4 cm³/mol. The molecule has 1 aliphatic heterocycles. The summed E-state index contributed by atoms with van der Waals surface area (Å²) in [6, 6.07) is 6.16. The maximum absolute atomic E-state index is 13.5. The number of benzene rings is 1. The molecule has 1 fully saturated rings. The van der Waals surface area contributed by atoms with E-state index in [1.165, 1.54) is 18.5 Å². The largest absolute Gasteiger partial charge is 0.519 e. The van der Waals surface area contributed by atoms with E-state index in [0.717, 1.165) is 19.5 Å². The second-order valence-electron chi connectivity index (χ2n) is 5.47. The van der Waals surface area contributed by atoms with Crippen LogP contribution in [0.1, 0.15) is 6.42 Å². The number of amides is 1. The number of anilines is 1. The summed E-state index contributed by atoms with van der Waals surface area (Å²) in [5.41, 5.74) is 1.16. The Balaban J connectivity index is 0.000000465. The number of aliphatic hydroxyl groups is 1. The average Bonchev–Trinajstić information content (AvgIpc) is 2.53. The maximum atomic E-state index is 13.5. The number of halogens is 5. The molecule has 2 N–H and O–H groups in total. The fourth-order valence-electron chi connectivity index (χ4n) is 2.11. The number of hydrogen-bond donors (Lipinski definition) is 2. The molecule has 1 aliphatic rings. The van der Waals surface area contributed by atoms with Crippen LogP contribution in [0.3, 0.4) is 0 Å². The van der Waals surface area contributed by atoms with Gasteiger partial charge in [-0.25, -0.2) is 14.4 Å². The van der Waals surface area contributed by atoms with Crippen LogP contribution in [0.25, 0.3) is 11.3 Å². The Morgan fingerprint density at radius 2 is 1.93 bits per heavy atom. The van der Waals surface area contributed by atoms with E-state index in [2.05, 4.69) is 15.3 Å². The van der Waals surface area contributed by atoms with Crippen LogP contribution in [-0.4, -0.2) is 51.9 Å². The average molecular weight is 407 g/mol. The smallest absolute Gasteiger partial charge is 0.361 e. The van der Waals surface area contributed by atoms with Crippen molar-refractivity contribution in [1.29, 1.82) is 0 Å². The number of rotatable bonds is 4. The second-order valence-corrected chi connectivity index (χ2v) is 5.88. The summed E-state index contributed by atoms with van der Waals surface area (Å²) in [5.74, 6) is 0.0680. The summed E-state index contributed by atoms with van der Waals surface area (Å²) >= 11 is 5.67. The van der Waals surface area contributed by atoms with E-state index in [1.807, 2.05) is 0 Å². The molecule has 11 heteroatoms. The number of nitrogens with one attached hydrogen (secondary N) is 1. The first-order chi connectivity index (χ1) is 12.6. The van der Waals surface area contributed by atoms with Crippen molar-refractivity contribution >= 4 is 23.3 Å². The van der Waals surface area contributed by atoms with E-state index in [4.69, 9.17) is 16.7 Å². The van der Waals surface area contributed by atoms with E-state index in [0.29, 0.717) is 17.1 Å². The van der Waals surface area contributed by atoms with Gasteiger partial charge in [-0.2, -0.15) is 0 Å². The Hall–Kier alpha value is -2.46. The first kappa shape index (κ1) is 20.8. The van der Waals surface area contributed by atoms with Gasteiger partial charge >= 0.3 is 6.36 Å². The maximum Gasteiger partial charge on any atom is 0.519 e. The minimum Gasteiger partial charge on any atom is -0.361 e. The molecule has 1 aromatic carbocycles. The molecule has 0 radical (unpaired) electrons. The Morgan fingerprint density at radius 3 is 2.48 bits per heavy atom. The lowest BCUT2D eigenvalue weighted by Crippen LogP contribution is -2.44. The van der Waals surface area contributed by atoms with Crippen molar-refractivity contribution in [2.45, 2.75) is 12.8 Å². The number of carbonyl (C=O) groups is 1. The molecule has 27 heavy (non-hydrogen) atoms. The number of hydrogen-bond acceptors (Lipinski definition) is 5. The molecule has 146 valence electrons. The first-order valence-electron chi connectivity index (χ1n) is 7.71. The molecule has 0 unspecified atom stereocenters. The van der Waals surface area contributed by atoms with Crippen molar-refractivity contribution < 1.29 is 27.5 Å². The highest BCUT2D eigenvalue weighted by Crippen LogP contribution is 2.23. The van der Waals surface area contributed by atoms with Crippen molar-refractivity contribution in [3.63, 3.8) is 0 Å². The Kier molecular flexibility index (Phi) is 6.92. The van der Waals surface area contributed by atoms with E-state index in [-0.39, 0.29) is 17.5 Å². The fraction of sp³-hybridized carbons (Fsp3) is 0.312. The lowest BCUT2D eigenvalue weighted by atomic mass is 10.1. The topological polar surface area (TPSA) is 78.4 Å². The Bertz CT molecular complexity index is 794. The van der Waals surface area contributed by atoms with Gasteiger partial charge in [0.15, 0.2) is 0 Å². The van der Waals surface area contributed by atoms with Gasteiger partial charge in [0.05, 0.1) is 17.3 Å². The quantitative estimate of drug-likeness (QED) is 0.763. The van der Waals surface area contributed by atoms with Crippen LogP contribution in [0.4, 0.5) is 23.4 Å². The van der Waals surface area contributed by atoms with Crippen molar-refractivity contribution in [3.8, 4) is 11.3 Å². The van der Waals surface area contributed by atoms with Gasteiger partial charge in [0.2, 0.25) is 5.91 Å². The van der Waals surface area contributed by atoms with Crippen molar-refractivity contribution in [1.82, 2.24) is 14.9 Å². The van der Waals surface area contributed by atoms with Crippen LogP contribution in [0, 0.1) is 5.82 Å².